The zero-order chi connectivity index (χ0) is 23.3. The number of esters is 1. The minimum absolute atomic E-state index is 0.178. The van der Waals surface area contributed by atoms with Crippen LogP contribution in [-0.4, -0.2) is 26.0 Å². The summed E-state index contributed by atoms with van der Waals surface area (Å²) in [4.78, 5) is 12.1. The first-order valence-electron chi connectivity index (χ1n) is 9.43. The third kappa shape index (κ3) is 5.72. The van der Waals surface area contributed by atoms with E-state index in [9.17, 15) is 17.8 Å². The van der Waals surface area contributed by atoms with Crippen molar-refractivity contribution >= 4 is 49.1 Å². The number of carbonyl (C=O) groups excluding carboxylic acids is 1. The number of pyridine rings is 1. The van der Waals surface area contributed by atoms with Crippen molar-refractivity contribution in [2.24, 2.45) is 0 Å². The van der Waals surface area contributed by atoms with Gasteiger partial charge in [-0.15, -0.1) is 11.3 Å². The van der Waals surface area contributed by atoms with Crippen molar-refractivity contribution in [1.29, 1.82) is 0 Å². The first-order valence-corrected chi connectivity index (χ1v) is 12.1. The Hall–Kier alpha value is -2.78. The van der Waals surface area contributed by atoms with Gasteiger partial charge in [0, 0.05) is 10.8 Å². The molecule has 4 rings (SSSR count). The highest BCUT2D eigenvalue weighted by molar-refractivity contribution is 7.85. The fourth-order valence-corrected chi connectivity index (χ4v) is 4.48. The van der Waals surface area contributed by atoms with Gasteiger partial charge < -0.3 is 9.29 Å². The van der Waals surface area contributed by atoms with E-state index in [1.807, 2.05) is 59.6 Å². The molecule has 4 aromatic rings. The number of hydrogen-bond acceptors (Lipinski definition) is 6. The van der Waals surface area contributed by atoms with Crippen LogP contribution in [0, 0.1) is 6.92 Å². The molecule has 0 bridgehead atoms. The van der Waals surface area contributed by atoms with Crippen molar-refractivity contribution in [3.8, 4) is 0 Å². The van der Waals surface area contributed by atoms with E-state index in [0.29, 0.717) is 5.02 Å². The molecule has 2 aromatic carbocycles. The van der Waals surface area contributed by atoms with Gasteiger partial charge >= 0.3 is 5.97 Å². The van der Waals surface area contributed by atoms with Crippen molar-refractivity contribution < 1.29 is 27.1 Å². The van der Waals surface area contributed by atoms with Gasteiger partial charge in [0.1, 0.15) is 10.1 Å². The van der Waals surface area contributed by atoms with Gasteiger partial charge in [-0.3, -0.25) is 0 Å². The Bertz CT molecular complexity index is 1330. The number of ether oxygens (including phenoxy) is 1. The zero-order valence-corrected chi connectivity index (χ0v) is 19.7. The summed E-state index contributed by atoms with van der Waals surface area (Å²) in [6.45, 7) is 1.82. The summed E-state index contributed by atoms with van der Waals surface area (Å²) in [6.07, 6.45) is 3.82. The van der Waals surface area contributed by atoms with Crippen LogP contribution in [0.15, 0.2) is 83.3 Å². The molecule has 0 unspecified atom stereocenters. The third-order valence-corrected chi connectivity index (χ3v) is 6.74. The fourth-order valence-electron chi connectivity index (χ4n) is 3.01. The lowest BCUT2D eigenvalue weighted by atomic mass is 10.1. The lowest BCUT2D eigenvalue weighted by Crippen LogP contribution is -2.44. The summed E-state index contributed by atoms with van der Waals surface area (Å²) < 4.78 is 39.1. The summed E-state index contributed by atoms with van der Waals surface area (Å²) in [5.41, 5.74) is 1.66. The highest BCUT2D eigenvalue weighted by atomic mass is 35.5. The van der Waals surface area contributed by atoms with E-state index in [1.54, 1.807) is 29.5 Å². The topological polar surface area (TPSA) is 87.4 Å². The van der Waals surface area contributed by atoms with Gasteiger partial charge in [0.25, 0.3) is 6.04 Å². The molecule has 32 heavy (non-hydrogen) atoms. The predicted molar refractivity (Wildman–Crippen MR) is 123 cm³/mol. The number of fused-ring (bicyclic) bond motifs is 1. The van der Waals surface area contributed by atoms with E-state index < -0.39 is 16.2 Å². The fraction of sp³-hybridized carbons (Fsp3) is 0.130. The number of hydrogen-bond donors (Lipinski definition) is 0. The molecule has 6 nitrogen and oxygen atoms in total. The molecular formula is C23H20ClNO5S2. The Labute approximate surface area is 195 Å². The number of rotatable bonds is 4. The molecule has 0 N–H and O–H groups in total. The second-order valence-electron chi connectivity index (χ2n) is 6.85. The van der Waals surface area contributed by atoms with Crippen LogP contribution < -0.4 is 4.57 Å². The minimum atomic E-state index is -4.27. The Morgan fingerprint density at radius 1 is 1.09 bits per heavy atom. The highest BCUT2D eigenvalue weighted by Gasteiger charge is 2.32. The molecule has 9 heteroatoms. The smallest absolute Gasteiger partial charge is 0.380 e. The van der Waals surface area contributed by atoms with Gasteiger partial charge in [-0.05, 0) is 36.6 Å². The van der Waals surface area contributed by atoms with Crippen LogP contribution in [0.5, 0.6) is 0 Å². The number of thiophene rings is 1. The van der Waals surface area contributed by atoms with Crippen LogP contribution in [0.2, 0.25) is 5.02 Å². The summed E-state index contributed by atoms with van der Waals surface area (Å²) >= 11 is 7.91. The number of benzene rings is 2. The van der Waals surface area contributed by atoms with Crippen LogP contribution in [0.4, 0.5) is 0 Å². The molecule has 0 spiro atoms. The zero-order valence-electron chi connectivity index (χ0n) is 17.3. The number of carbonyl (C=O) groups is 1. The van der Waals surface area contributed by atoms with Crippen LogP contribution in [0.3, 0.4) is 0 Å². The molecule has 0 amide bonds. The van der Waals surface area contributed by atoms with Crippen LogP contribution in [0.25, 0.3) is 10.1 Å². The Kier molecular flexibility index (Phi) is 7.63. The van der Waals surface area contributed by atoms with Crippen molar-refractivity contribution in [1.82, 2.24) is 0 Å². The number of aromatic nitrogens is 1. The average molecular weight is 490 g/mol. The first kappa shape index (κ1) is 23.9. The van der Waals surface area contributed by atoms with E-state index in [1.165, 1.54) is 23.9 Å². The maximum atomic E-state index is 12.2. The summed E-state index contributed by atoms with van der Waals surface area (Å²) in [5, 5.41) is 3.66. The maximum absolute atomic E-state index is 12.2. The second-order valence-corrected chi connectivity index (χ2v) is 9.58. The second kappa shape index (κ2) is 10.2. The SMILES string of the molecule is COC(=O)[C@H](c1ccccc1Cl)[n+]1ccc2sccc2c1.Cc1ccc(S(=O)(=O)[O-])cc1. The standard InChI is InChI=1S/C16H13ClNO2S.C7H8O3S/c1-20-16(19)15(12-4-2-3-5-13(12)17)18-8-6-14-11(10-18)7-9-21-14;1-6-2-4-7(5-3-6)11(8,9)10/h2-10,15H,1H3;2-5H,1H3,(H,8,9,10)/q+1;/p-1/t15-;/m0./s1. The van der Waals surface area contributed by atoms with Crippen molar-refractivity contribution in [2.45, 2.75) is 17.9 Å². The number of halogens is 1. The monoisotopic (exact) mass is 489 g/mol. The summed E-state index contributed by atoms with van der Waals surface area (Å²) in [5.74, 6) is -0.345. The molecule has 0 aliphatic heterocycles. The maximum Gasteiger partial charge on any atom is 0.380 e. The summed E-state index contributed by atoms with van der Waals surface area (Å²) in [7, 11) is -2.88. The van der Waals surface area contributed by atoms with Crippen LogP contribution in [-0.2, 0) is 19.6 Å². The molecule has 0 aliphatic rings. The molecule has 166 valence electrons. The molecule has 2 heterocycles. The first-order chi connectivity index (χ1) is 15.2. The number of aryl methyl sites for hydroxylation is 1. The third-order valence-electron chi connectivity index (χ3n) is 4.65. The molecule has 0 aliphatic carbocycles. The Morgan fingerprint density at radius 3 is 2.41 bits per heavy atom. The van der Waals surface area contributed by atoms with E-state index in [2.05, 4.69) is 0 Å². The Morgan fingerprint density at radius 2 is 1.78 bits per heavy atom. The molecule has 2 aromatic heterocycles. The van der Waals surface area contributed by atoms with Gasteiger partial charge in [0.2, 0.25) is 0 Å². The molecular weight excluding hydrogens is 470 g/mol. The van der Waals surface area contributed by atoms with Gasteiger partial charge in [0.15, 0.2) is 12.4 Å². The molecule has 0 saturated heterocycles. The lowest BCUT2D eigenvalue weighted by Gasteiger charge is -2.12. The average Bonchev–Trinajstić information content (AvgIpc) is 3.23. The molecule has 1 atom stereocenters. The van der Waals surface area contributed by atoms with Gasteiger partial charge in [-0.25, -0.2) is 13.2 Å². The quantitative estimate of drug-likeness (QED) is 0.239. The van der Waals surface area contributed by atoms with Crippen molar-refractivity contribution in [3.05, 3.63) is 94.6 Å². The van der Waals surface area contributed by atoms with Crippen molar-refractivity contribution in [3.63, 3.8) is 0 Å². The van der Waals surface area contributed by atoms with E-state index in [0.717, 1.165) is 16.5 Å². The minimum Gasteiger partial charge on any atom is -0.744 e. The predicted octanol–water partition coefficient (Wildman–Crippen LogP) is 4.50. The van der Waals surface area contributed by atoms with Crippen LogP contribution >= 0.6 is 22.9 Å². The normalized spacial score (nSPS) is 12.0. The molecule has 0 radical (unpaired) electrons. The highest BCUT2D eigenvalue weighted by Crippen LogP contribution is 2.25. The molecule has 0 fully saturated rings. The largest absolute Gasteiger partial charge is 0.744 e. The Balaban J connectivity index is 0.000000222. The molecule has 0 saturated carbocycles. The van der Waals surface area contributed by atoms with Gasteiger partial charge in [-0.1, -0.05) is 47.5 Å². The number of methoxy groups -OCH3 is 1. The van der Waals surface area contributed by atoms with Gasteiger partial charge in [-0.2, -0.15) is 4.57 Å². The van der Waals surface area contributed by atoms with E-state index in [-0.39, 0.29) is 10.9 Å². The van der Waals surface area contributed by atoms with Gasteiger partial charge in [0.05, 0.1) is 28.0 Å². The van der Waals surface area contributed by atoms with E-state index in [4.69, 9.17) is 16.3 Å². The lowest BCUT2D eigenvalue weighted by molar-refractivity contribution is -0.700. The van der Waals surface area contributed by atoms with Crippen LogP contribution in [0.1, 0.15) is 17.2 Å². The van der Waals surface area contributed by atoms with Crippen molar-refractivity contribution in [2.75, 3.05) is 7.11 Å². The van der Waals surface area contributed by atoms with E-state index >= 15 is 0 Å². The number of nitrogens with zero attached hydrogens (tertiary/aromatic N) is 1. The summed E-state index contributed by atoms with van der Waals surface area (Å²) in [6, 6.07) is 16.5.